The van der Waals surface area contributed by atoms with Crippen LogP contribution in [0.1, 0.15) is 41.5 Å². The molecule has 0 spiro atoms. The van der Waals surface area contributed by atoms with E-state index in [1.807, 2.05) is 0 Å². The Morgan fingerprint density at radius 2 is 0.889 bits per heavy atom. The molecular formula is C41H40O2P2. The largest absolute Gasteiger partial charge is 0.418 e. The summed E-state index contributed by atoms with van der Waals surface area (Å²) in [5.41, 5.74) is 6.37. The summed E-state index contributed by atoms with van der Waals surface area (Å²) in [6.45, 7) is 14.3. The van der Waals surface area contributed by atoms with Gasteiger partial charge >= 0.3 is 0 Å². The lowest BCUT2D eigenvalue weighted by Gasteiger charge is -2.40. The molecule has 226 valence electrons. The standard InChI is InChI=1S/C41H40O2P2/c1-40(2,3)44(41(4,5)6)27-45-42-38-34(28-17-9-7-10-18-28)25-30-21-13-15-23-32(30)36(38)37-33-24-16-14-22-31(33)26-35(39(37)43-45)29-19-11-8-12-20-29/h7-26H,27H2,1-6H3. The van der Waals surface area contributed by atoms with E-state index in [9.17, 15) is 0 Å². The molecule has 2 nitrogen and oxygen atoms in total. The van der Waals surface area contributed by atoms with Gasteiger partial charge in [-0.2, -0.15) is 0 Å². The zero-order valence-corrected chi connectivity index (χ0v) is 28.8. The molecule has 0 bridgehead atoms. The minimum absolute atomic E-state index is 0.137. The fraction of sp³-hybridized carbons (Fsp3) is 0.220. The van der Waals surface area contributed by atoms with Crippen LogP contribution in [0.25, 0.3) is 65.7 Å². The second-order valence-corrected chi connectivity index (χ2v) is 19.6. The van der Waals surface area contributed by atoms with Gasteiger partial charge in [-0.05, 0) is 55.1 Å². The van der Waals surface area contributed by atoms with Gasteiger partial charge in [-0.3, -0.25) is 0 Å². The SMILES string of the molecule is CC(C)(C)P(Cp1oc2c(-c3ccccc3)cc3ccccc3c2c2c(o1)c(-c1ccccc1)cc1ccccc12)C(C)(C)C. The van der Waals surface area contributed by atoms with Crippen LogP contribution in [0, 0.1) is 0 Å². The minimum Gasteiger partial charge on any atom is -0.418 e. The highest BCUT2D eigenvalue weighted by Gasteiger charge is 2.36. The zero-order chi connectivity index (χ0) is 31.3. The van der Waals surface area contributed by atoms with Gasteiger partial charge in [-0.15, -0.1) is 0 Å². The summed E-state index contributed by atoms with van der Waals surface area (Å²) < 4.78 is 14.7. The summed E-state index contributed by atoms with van der Waals surface area (Å²) in [6, 6.07) is 43.5. The van der Waals surface area contributed by atoms with Crippen molar-refractivity contribution in [3.8, 4) is 22.3 Å². The Hall–Kier alpha value is -3.83. The second kappa shape index (κ2) is 11.5. The molecular weight excluding hydrogens is 586 g/mol. The Labute approximate surface area is 268 Å². The Morgan fingerprint density at radius 1 is 0.511 bits per heavy atom. The number of benzene rings is 6. The fourth-order valence-electron chi connectivity index (χ4n) is 6.83. The smallest absolute Gasteiger partial charge is 0.221 e. The predicted molar refractivity (Wildman–Crippen MR) is 199 cm³/mol. The van der Waals surface area contributed by atoms with Crippen LogP contribution in [0.2, 0.25) is 0 Å². The number of hydrogen-bond acceptors (Lipinski definition) is 2. The van der Waals surface area contributed by atoms with Crippen LogP contribution in [0.3, 0.4) is 0 Å². The number of fused-ring (bicyclic) bond motifs is 7. The van der Waals surface area contributed by atoms with Gasteiger partial charge in [-0.1, -0.05) is 159 Å². The summed E-state index contributed by atoms with van der Waals surface area (Å²) in [4.78, 5) is 0. The lowest BCUT2D eigenvalue weighted by atomic mass is 9.91. The maximum Gasteiger partial charge on any atom is 0.221 e. The van der Waals surface area contributed by atoms with Crippen molar-refractivity contribution in [2.45, 2.75) is 57.8 Å². The number of hydrogen-bond donors (Lipinski definition) is 0. The van der Waals surface area contributed by atoms with E-state index in [1.165, 1.54) is 21.5 Å². The average molecular weight is 627 g/mol. The Bertz CT molecular complexity index is 2050. The van der Waals surface area contributed by atoms with Crippen molar-refractivity contribution in [3.63, 3.8) is 0 Å². The van der Waals surface area contributed by atoms with Crippen molar-refractivity contribution < 1.29 is 8.39 Å². The highest BCUT2D eigenvalue weighted by molar-refractivity contribution is 7.68. The van der Waals surface area contributed by atoms with Crippen LogP contribution < -0.4 is 0 Å². The Morgan fingerprint density at radius 3 is 1.29 bits per heavy atom. The molecule has 0 radical (unpaired) electrons. The molecule has 0 saturated carbocycles. The fourth-order valence-corrected chi connectivity index (χ4v) is 14.4. The molecule has 0 amide bonds. The van der Waals surface area contributed by atoms with Gasteiger partial charge in [0.15, 0.2) is 11.2 Å². The van der Waals surface area contributed by atoms with E-state index in [-0.39, 0.29) is 10.3 Å². The van der Waals surface area contributed by atoms with Gasteiger partial charge in [0.05, 0.1) is 5.90 Å². The molecule has 0 aliphatic carbocycles. The highest BCUT2D eigenvalue weighted by atomic mass is 31.2. The van der Waals surface area contributed by atoms with E-state index in [1.54, 1.807) is 0 Å². The zero-order valence-electron chi connectivity index (χ0n) is 27.0. The maximum atomic E-state index is 7.35. The predicted octanol–water partition coefficient (Wildman–Crippen LogP) is 14.0. The van der Waals surface area contributed by atoms with Crippen LogP contribution in [0.15, 0.2) is 130 Å². The van der Waals surface area contributed by atoms with Crippen LogP contribution in [0.5, 0.6) is 0 Å². The molecule has 1 heterocycles. The first kappa shape index (κ1) is 29.9. The summed E-state index contributed by atoms with van der Waals surface area (Å²) >= 11 is 0. The van der Waals surface area contributed by atoms with E-state index < -0.39 is 15.9 Å². The molecule has 45 heavy (non-hydrogen) atoms. The normalized spacial score (nSPS) is 12.5. The van der Waals surface area contributed by atoms with E-state index >= 15 is 0 Å². The minimum atomic E-state index is -1.33. The third kappa shape index (κ3) is 5.61. The molecule has 0 aliphatic rings. The monoisotopic (exact) mass is 626 g/mol. The first-order valence-corrected chi connectivity index (χ1v) is 18.6. The summed E-state index contributed by atoms with van der Waals surface area (Å²) in [5, 5.41) is 7.26. The summed E-state index contributed by atoms with van der Waals surface area (Å²) in [6.07, 6.45) is 0. The second-order valence-electron chi connectivity index (χ2n) is 13.9. The molecule has 4 heteroatoms. The third-order valence-electron chi connectivity index (χ3n) is 8.69. The van der Waals surface area contributed by atoms with Crippen molar-refractivity contribution in [2.24, 2.45) is 0 Å². The molecule has 0 unspecified atom stereocenters. The van der Waals surface area contributed by atoms with E-state index in [0.717, 1.165) is 50.1 Å². The molecule has 1 aromatic heterocycles. The van der Waals surface area contributed by atoms with E-state index in [0.29, 0.717) is 0 Å². The third-order valence-corrected chi connectivity index (χ3v) is 14.8. The van der Waals surface area contributed by atoms with Crippen molar-refractivity contribution in [1.29, 1.82) is 0 Å². The van der Waals surface area contributed by atoms with Crippen LogP contribution in [-0.4, -0.2) is 10.3 Å². The first-order valence-electron chi connectivity index (χ1n) is 15.7. The molecule has 0 atom stereocenters. The van der Waals surface area contributed by atoms with Crippen molar-refractivity contribution in [1.82, 2.24) is 0 Å². The van der Waals surface area contributed by atoms with E-state index in [2.05, 4.69) is 163 Å². The molecule has 0 saturated heterocycles. The number of rotatable bonds is 4. The van der Waals surface area contributed by atoms with E-state index in [4.69, 9.17) is 8.39 Å². The van der Waals surface area contributed by atoms with Gasteiger partial charge in [0, 0.05) is 21.9 Å². The molecule has 0 aliphatic heterocycles. The van der Waals surface area contributed by atoms with Crippen LogP contribution in [-0.2, 0) is 5.90 Å². The molecule has 7 aromatic rings. The quantitative estimate of drug-likeness (QED) is 0.182. The topological polar surface area (TPSA) is 26.3 Å². The average Bonchev–Trinajstić information content (AvgIpc) is 3.20. The van der Waals surface area contributed by atoms with Crippen LogP contribution >= 0.6 is 15.9 Å². The Balaban J connectivity index is 1.75. The Kier molecular flexibility index (Phi) is 7.64. The summed E-state index contributed by atoms with van der Waals surface area (Å²) in [5.74, 6) is 0.888. The van der Waals surface area contributed by atoms with Gasteiger partial charge in [-0.25, -0.2) is 0 Å². The molecule has 0 fully saturated rings. The van der Waals surface area contributed by atoms with Crippen molar-refractivity contribution >= 4 is 59.4 Å². The lowest BCUT2D eigenvalue weighted by Crippen LogP contribution is -2.24. The van der Waals surface area contributed by atoms with Gasteiger partial charge in [0.25, 0.3) is 0 Å². The molecule has 7 rings (SSSR count). The van der Waals surface area contributed by atoms with Gasteiger partial charge in [0.2, 0.25) is 8.01 Å². The molecule has 0 N–H and O–H groups in total. The summed E-state index contributed by atoms with van der Waals surface area (Å²) in [7, 11) is -1.81. The van der Waals surface area contributed by atoms with Crippen LogP contribution in [0.4, 0.5) is 0 Å². The first-order chi connectivity index (χ1) is 21.6. The maximum absolute atomic E-state index is 7.35. The lowest BCUT2D eigenvalue weighted by molar-refractivity contribution is 0.639. The molecule has 6 aromatic carbocycles. The van der Waals surface area contributed by atoms with Crippen molar-refractivity contribution in [3.05, 3.63) is 121 Å². The van der Waals surface area contributed by atoms with Gasteiger partial charge in [0.1, 0.15) is 0 Å². The van der Waals surface area contributed by atoms with Crippen molar-refractivity contribution in [2.75, 3.05) is 0 Å². The van der Waals surface area contributed by atoms with Gasteiger partial charge < -0.3 is 8.39 Å². The highest BCUT2D eigenvalue weighted by Crippen LogP contribution is 2.65.